The molecule has 1 fully saturated rings. The maximum atomic E-state index is 12.0. The second kappa shape index (κ2) is 6.35. The Bertz CT molecular complexity index is 654. The zero-order valence-corrected chi connectivity index (χ0v) is 12.3. The lowest BCUT2D eigenvalue weighted by Crippen LogP contribution is -2.39. The van der Waals surface area contributed by atoms with Crippen LogP contribution in [-0.4, -0.2) is 42.0 Å². The van der Waals surface area contributed by atoms with Gasteiger partial charge in [-0.1, -0.05) is 29.6 Å². The Labute approximate surface area is 121 Å². The minimum atomic E-state index is -3.35. The Hall–Kier alpha value is -1.43. The summed E-state index contributed by atoms with van der Waals surface area (Å²) in [6, 6.07) is 0. The van der Waals surface area contributed by atoms with Gasteiger partial charge in [0.05, 0.1) is 16.8 Å². The third-order valence-corrected chi connectivity index (χ3v) is 5.90. The van der Waals surface area contributed by atoms with Gasteiger partial charge in [-0.05, 0) is 12.8 Å². The molecule has 1 amide bonds. The standard InChI is InChI=1S/C12H14N2O4S2/c15-6-3-4-9-8-13-12(19-9)14-11(16)10-5-1-2-7-20(10,17)18/h8,10,15H,1-2,5-7H2,(H,13,14,16). The van der Waals surface area contributed by atoms with Crippen LogP contribution in [0.5, 0.6) is 0 Å². The van der Waals surface area contributed by atoms with Crippen LogP contribution < -0.4 is 5.32 Å². The molecule has 8 heteroatoms. The summed E-state index contributed by atoms with van der Waals surface area (Å²) in [5.74, 6) is 4.68. The monoisotopic (exact) mass is 314 g/mol. The van der Waals surface area contributed by atoms with Crippen LogP contribution in [0.3, 0.4) is 0 Å². The molecule has 1 saturated heterocycles. The van der Waals surface area contributed by atoms with Gasteiger partial charge in [-0.3, -0.25) is 4.79 Å². The average Bonchev–Trinajstić information content (AvgIpc) is 2.83. The number of aliphatic hydroxyl groups is 1. The Morgan fingerprint density at radius 1 is 1.55 bits per heavy atom. The minimum Gasteiger partial charge on any atom is -0.384 e. The fraction of sp³-hybridized carbons (Fsp3) is 0.500. The third kappa shape index (κ3) is 3.56. The van der Waals surface area contributed by atoms with E-state index < -0.39 is 21.0 Å². The summed E-state index contributed by atoms with van der Waals surface area (Å²) in [4.78, 5) is 16.6. The molecule has 2 rings (SSSR count). The smallest absolute Gasteiger partial charge is 0.244 e. The van der Waals surface area contributed by atoms with Crippen LogP contribution in [-0.2, 0) is 14.6 Å². The highest BCUT2D eigenvalue weighted by atomic mass is 32.2. The van der Waals surface area contributed by atoms with Gasteiger partial charge in [0.2, 0.25) is 5.91 Å². The second-order valence-corrected chi connectivity index (χ2v) is 7.66. The number of hydrogen-bond donors (Lipinski definition) is 2. The van der Waals surface area contributed by atoms with Crippen LogP contribution in [0.25, 0.3) is 0 Å². The van der Waals surface area contributed by atoms with E-state index in [2.05, 4.69) is 22.1 Å². The molecule has 0 radical (unpaired) electrons. The van der Waals surface area contributed by atoms with Crippen molar-refractivity contribution >= 4 is 32.2 Å². The molecular weight excluding hydrogens is 300 g/mol. The van der Waals surface area contributed by atoms with Gasteiger partial charge in [0.15, 0.2) is 15.0 Å². The third-order valence-electron chi connectivity index (χ3n) is 2.90. The molecule has 2 N–H and O–H groups in total. The predicted octanol–water partition coefficient (Wildman–Crippen LogP) is 0.393. The van der Waals surface area contributed by atoms with Gasteiger partial charge in [0.1, 0.15) is 11.9 Å². The lowest BCUT2D eigenvalue weighted by Gasteiger charge is -2.20. The molecule has 0 saturated carbocycles. The van der Waals surface area contributed by atoms with E-state index in [4.69, 9.17) is 5.11 Å². The highest BCUT2D eigenvalue weighted by Crippen LogP contribution is 2.23. The number of sulfone groups is 1. The molecule has 1 unspecified atom stereocenters. The molecule has 2 heterocycles. The summed E-state index contributed by atoms with van der Waals surface area (Å²) in [6.45, 7) is -0.250. The number of thiazole rings is 1. The van der Waals surface area contributed by atoms with Crippen molar-refractivity contribution in [3.05, 3.63) is 11.1 Å². The largest absolute Gasteiger partial charge is 0.384 e. The number of nitrogens with one attached hydrogen (secondary N) is 1. The first-order chi connectivity index (χ1) is 9.53. The van der Waals surface area contributed by atoms with Crippen molar-refractivity contribution in [2.24, 2.45) is 0 Å². The number of amides is 1. The highest BCUT2D eigenvalue weighted by Gasteiger charge is 2.35. The molecule has 20 heavy (non-hydrogen) atoms. The zero-order valence-electron chi connectivity index (χ0n) is 10.6. The normalized spacial score (nSPS) is 20.8. The Morgan fingerprint density at radius 3 is 3.05 bits per heavy atom. The molecule has 1 aromatic heterocycles. The number of nitrogens with zero attached hydrogens (tertiary/aromatic N) is 1. The second-order valence-electron chi connectivity index (χ2n) is 4.33. The minimum absolute atomic E-state index is 0.0657. The number of hydrogen-bond acceptors (Lipinski definition) is 6. The summed E-state index contributed by atoms with van der Waals surface area (Å²) in [6.07, 6.45) is 3.18. The molecule has 1 aromatic rings. The van der Waals surface area contributed by atoms with E-state index in [0.29, 0.717) is 22.9 Å². The molecule has 0 aromatic carbocycles. The SMILES string of the molecule is O=C(Nc1ncc(C#CCO)s1)C1CCCCS1(=O)=O. The lowest BCUT2D eigenvalue weighted by atomic mass is 10.2. The van der Waals surface area contributed by atoms with E-state index >= 15 is 0 Å². The van der Waals surface area contributed by atoms with Gasteiger partial charge in [-0.2, -0.15) is 0 Å². The number of rotatable bonds is 2. The first-order valence-electron chi connectivity index (χ1n) is 6.11. The van der Waals surface area contributed by atoms with Crippen molar-refractivity contribution in [2.75, 3.05) is 17.7 Å². The summed E-state index contributed by atoms with van der Waals surface area (Å²) in [7, 11) is -3.35. The topological polar surface area (TPSA) is 96.4 Å². The summed E-state index contributed by atoms with van der Waals surface area (Å²) >= 11 is 1.14. The van der Waals surface area contributed by atoms with E-state index in [9.17, 15) is 13.2 Å². The molecule has 0 aliphatic carbocycles. The summed E-state index contributed by atoms with van der Waals surface area (Å²) in [5.41, 5.74) is 0. The van der Waals surface area contributed by atoms with Crippen LogP contribution in [0, 0.1) is 11.8 Å². The van der Waals surface area contributed by atoms with Crippen molar-refractivity contribution in [2.45, 2.75) is 24.5 Å². The fourth-order valence-electron chi connectivity index (χ4n) is 1.95. The summed E-state index contributed by atoms with van der Waals surface area (Å²) < 4.78 is 23.7. The van der Waals surface area contributed by atoms with Gasteiger partial charge in [-0.15, -0.1) is 0 Å². The first-order valence-corrected chi connectivity index (χ1v) is 8.64. The van der Waals surface area contributed by atoms with E-state index in [1.54, 1.807) is 0 Å². The van der Waals surface area contributed by atoms with Crippen LogP contribution in [0.4, 0.5) is 5.13 Å². The van der Waals surface area contributed by atoms with E-state index in [1.165, 1.54) is 6.20 Å². The Morgan fingerprint density at radius 2 is 2.35 bits per heavy atom. The molecule has 1 aliphatic rings. The van der Waals surface area contributed by atoms with Gasteiger partial charge in [0.25, 0.3) is 0 Å². The number of anilines is 1. The van der Waals surface area contributed by atoms with Crippen molar-refractivity contribution in [1.82, 2.24) is 4.98 Å². The quantitative estimate of drug-likeness (QED) is 0.770. The molecule has 1 atom stereocenters. The van der Waals surface area contributed by atoms with E-state index in [0.717, 1.165) is 17.8 Å². The highest BCUT2D eigenvalue weighted by molar-refractivity contribution is 7.92. The van der Waals surface area contributed by atoms with E-state index in [-0.39, 0.29) is 12.4 Å². The maximum absolute atomic E-state index is 12.0. The molecule has 108 valence electrons. The number of aromatic nitrogens is 1. The van der Waals surface area contributed by atoms with Crippen molar-refractivity contribution in [1.29, 1.82) is 0 Å². The number of carbonyl (C=O) groups is 1. The van der Waals surface area contributed by atoms with Crippen molar-refractivity contribution in [3.8, 4) is 11.8 Å². The average molecular weight is 314 g/mol. The number of carbonyl (C=O) groups excluding carboxylic acids is 1. The molecular formula is C12H14N2O4S2. The van der Waals surface area contributed by atoms with Gasteiger partial charge >= 0.3 is 0 Å². The van der Waals surface area contributed by atoms with Gasteiger partial charge < -0.3 is 10.4 Å². The lowest BCUT2D eigenvalue weighted by molar-refractivity contribution is -0.116. The first kappa shape index (κ1) is 15.0. The van der Waals surface area contributed by atoms with Gasteiger partial charge in [0, 0.05) is 0 Å². The van der Waals surface area contributed by atoms with Crippen LogP contribution in [0.1, 0.15) is 24.1 Å². The maximum Gasteiger partial charge on any atom is 0.244 e. The van der Waals surface area contributed by atoms with E-state index in [1.807, 2.05) is 0 Å². The Balaban J connectivity index is 2.06. The fourth-order valence-corrected chi connectivity index (χ4v) is 4.45. The molecule has 1 aliphatic heterocycles. The molecule has 6 nitrogen and oxygen atoms in total. The van der Waals surface area contributed by atoms with Gasteiger partial charge in [-0.25, -0.2) is 13.4 Å². The van der Waals surface area contributed by atoms with Crippen molar-refractivity contribution in [3.63, 3.8) is 0 Å². The molecule has 0 spiro atoms. The number of aliphatic hydroxyl groups excluding tert-OH is 1. The molecule has 0 bridgehead atoms. The zero-order chi connectivity index (χ0) is 14.6. The van der Waals surface area contributed by atoms with Crippen molar-refractivity contribution < 1.29 is 18.3 Å². The predicted molar refractivity (Wildman–Crippen MR) is 76.1 cm³/mol. The van der Waals surface area contributed by atoms with Crippen LogP contribution in [0.2, 0.25) is 0 Å². The Kier molecular flexibility index (Phi) is 4.75. The van der Waals surface area contributed by atoms with Crippen LogP contribution in [0.15, 0.2) is 6.20 Å². The van der Waals surface area contributed by atoms with Crippen LogP contribution >= 0.6 is 11.3 Å². The summed E-state index contributed by atoms with van der Waals surface area (Å²) in [5, 5.41) is 10.4.